The lowest BCUT2D eigenvalue weighted by atomic mass is 10.1. The fraction of sp³-hybridized carbons (Fsp3) is 0.889. The van der Waals surface area contributed by atoms with Gasteiger partial charge in [-0.15, -0.1) is 0 Å². The number of Topliss-reactive ketones (excluding diaryl/α,β-unsaturated/α-hetero) is 1. The summed E-state index contributed by atoms with van der Waals surface area (Å²) in [5.41, 5.74) is 5.33. The van der Waals surface area contributed by atoms with Gasteiger partial charge in [0.15, 0.2) is 0 Å². The summed E-state index contributed by atoms with van der Waals surface area (Å²) >= 11 is 0. The third-order valence-electron chi connectivity index (χ3n) is 1.79. The van der Waals surface area contributed by atoms with E-state index in [9.17, 15) is 4.79 Å². The summed E-state index contributed by atoms with van der Waals surface area (Å²) in [6, 6.07) is 0.0292. The molecule has 0 aliphatic heterocycles. The van der Waals surface area contributed by atoms with Gasteiger partial charge < -0.3 is 11.1 Å². The molecule has 0 aromatic heterocycles. The van der Waals surface area contributed by atoms with Crippen LogP contribution in [0.4, 0.5) is 0 Å². The minimum atomic E-state index is 0. The Morgan fingerprint density at radius 1 is 1.50 bits per heavy atom. The Morgan fingerprint density at radius 2 is 2.08 bits per heavy atom. The molecule has 3 nitrogen and oxygen atoms in total. The highest BCUT2D eigenvalue weighted by Crippen LogP contribution is 2.00. The van der Waals surface area contributed by atoms with Gasteiger partial charge in [0.25, 0.3) is 0 Å². The number of nitrogens with two attached hydrogens (primary N) is 1. The number of rotatable bonds is 6. The van der Waals surface area contributed by atoms with E-state index in [1.807, 2.05) is 7.05 Å². The molecule has 0 fully saturated rings. The van der Waals surface area contributed by atoms with Crippen LogP contribution in [0, 0.1) is 0 Å². The second-order valence-corrected chi connectivity index (χ2v) is 2.74. The summed E-state index contributed by atoms with van der Waals surface area (Å²) in [6.45, 7) is 2.33. The molecule has 0 bridgehead atoms. The quantitative estimate of drug-likeness (QED) is 0.589. The van der Waals surface area contributed by atoms with Crippen LogP contribution in [0.25, 0.3) is 0 Å². The smallest absolute Gasteiger partial charge is 0.146 e. The molecule has 3 N–H and O–H groups in total. The zero-order valence-corrected chi connectivity index (χ0v) is 7.39. The maximum absolute atomic E-state index is 10.9. The number of ketones is 1. The van der Waals surface area contributed by atoms with E-state index in [1.165, 1.54) is 0 Å². The molecule has 0 aliphatic rings. The average molecular weight is 174 g/mol. The van der Waals surface area contributed by atoms with Crippen molar-refractivity contribution in [3.05, 3.63) is 0 Å². The first-order valence-electron chi connectivity index (χ1n) is 4.10. The molecule has 0 aromatic carbocycles. The van der Waals surface area contributed by atoms with Crippen LogP contribution in [0.2, 0.25) is 0 Å². The normalized spacial score (nSPS) is 11.9. The molecule has 1 unspecified atom stereocenters. The van der Waals surface area contributed by atoms with E-state index < -0.39 is 0 Å². The zero-order chi connectivity index (χ0) is 8.69. The highest BCUT2D eigenvalue weighted by atomic mass is 16.1. The largest absolute Gasteiger partial charge is 0.330 e. The van der Waals surface area contributed by atoms with Crippen LogP contribution in [0.1, 0.15) is 33.6 Å². The summed E-state index contributed by atoms with van der Waals surface area (Å²) in [4.78, 5) is 10.9. The van der Waals surface area contributed by atoms with E-state index in [-0.39, 0.29) is 19.3 Å². The third kappa shape index (κ3) is 6.31. The fourth-order valence-corrected chi connectivity index (χ4v) is 1.04. The first kappa shape index (κ1) is 14.1. The van der Waals surface area contributed by atoms with E-state index in [0.717, 1.165) is 19.3 Å². The molecule has 0 radical (unpaired) electrons. The van der Waals surface area contributed by atoms with Crippen LogP contribution in [-0.4, -0.2) is 25.4 Å². The summed E-state index contributed by atoms with van der Waals surface area (Å²) in [6.07, 6.45) is 2.94. The number of carbonyl (C=O) groups excluding carboxylic acids is 1. The van der Waals surface area contributed by atoms with Crippen LogP contribution in [0.5, 0.6) is 0 Å². The molecule has 1 atom stereocenters. The Kier molecular flexibility index (Phi) is 10.2. The van der Waals surface area contributed by atoms with Gasteiger partial charge in [0.2, 0.25) is 0 Å². The summed E-state index contributed by atoms with van der Waals surface area (Å²) in [5.74, 6) is 0.213. The van der Waals surface area contributed by atoms with Crippen molar-refractivity contribution in [2.45, 2.75) is 39.7 Å². The van der Waals surface area contributed by atoms with Crippen molar-refractivity contribution in [1.82, 2.24) is 5.32 Å². The molecule has 74 valence electrons. The van der Waals surface area contributed by atoms with Gasteiger partial charge >= 0.3 is 0 Å². The van der Waals surface area contributed by atoms with Crippen molar-refractivity contribution < 1.29 is 4.79 Å². The van der Waals surface area contributed by atoms with Gasteiger partial charge in [-0.1, -0.05) is 13.8 Å². The molecule has 0 saturated heterocycles. The predicted molar refractivity (Wildman–Crippen MR) is 53.2 cm³/mol. The number of likely N-dealkylation sites (N-methyl/N-ethyl adjacent to an activating group) is 1. The Balaban J connectivity index is 0. The molecule has 0 amide bonds. The first-order chi connectivity index (χ1) is 5.22. The first-order valence-corrected chi connectivity index (χ1v) is 4.10. The van der Waals surface area contributed by atoms with Gasteiger partial charge in [0.1, 0.15) is 5.78 Å². The number of carbonyl (C=O) groups is 1. The van der Waals surface area contributed by atoms with E-state index in [2.05, 4.69) is 5.32 Å². The standard InChI is InChI=1S/C8H18N2O.CH4/c1-7(11)8(10-2)5-3-4-6-9;/h8,10H,3-6,9H2,1-2H3;1H4. The van der Waals surface area contributed by atoms with Crippen molar-refractivity contribution in [2.75, 3.05) is 13.6 Å². The van der Waals surface area contributed by atoms with Crippen molar-refractivity contribution >= 4 is 5.78 Å². The molecular weight excluding hydrogens is 152 g/mol. The number of nitrogens with one attached hydrogen (secondary N) is 1. The van der Waals surface area contributed by atoms with Crippen LogP contribution in [0.15, 0.2) is 0 Å². The molecule has 0 rings (SSSR count). The highest BCUT2D eigenvalue weighted by Gasteiger charge is 2.09. The Morgan fingerprint density at radius 3 is 2.42 bits per heavy atom. The third-order valence-corrected chi connectivity index (χ3v) is 1.79. The van der Waals surface area contributed by atoms with Gasteiger partial charge in [-0.3, -0.25) is 4.79 Å². The minimum Gasteiger partial charge on any atom is -0.330 e. The maximum atomic E-state index is 10.9. The van der Waals surface area contributed by atoms with Gasteiger partial charge in [0.05, 0.1) is 6.04 Å². The van der Waals surface area contributed by atoms with Crippen LogP contribution >= 0.6 is 0 Å². The molecular formula is C9H22N2O. The van der Waals surface area contributed by atoms with Crippen molar-refractivity contribution in [3.8, 4) is 0 Å². The van der Waals surface area contributed by atoms with Gasteiger partial charge in [-0.2, -0.15) is 0 Å². The second-order valence-electron chi connectivity index (χ2n) is 2.74. The molecule has 0 spiro atoms. The van der Waals surface area contributed by atoms with Gasteiger partial charge in [-0.25, -0.2) is 0 Å². The monoisotopic (exact) mass is 174 g/mol. The fourth-order valence-electron chi connectivity index (χ4n) is 1.04. The lowest BCUT2D eigenvalue weighted by Crippen LogP contribution is -2.32. The lowest BCUT2D eigenvalue weighted by Gasteiger charge is -2.11. The molecule has 0 aromatic rings. The van der Waals surface area contributed by atoms with Crippen LogP contribution in [0.3, 0.4) is 0 Å². The molecule has 3 heteroatoms. The van der Waals surface area contributed by atoms with Crippen molar-refractivity contribution in [1.29, 1.82) is 0 Å². The number of unbranched alkanes of at least 4 members (excludes halogenated alkanes) is 1. The van der Waals surface area contributed by atoms with Gasteiger partial charge in [-0.05, 0) is 33.4 Å². The van der Waals surface area contributed by atoms with Crippen molar-refractivity contribution in [2.24, 2.45) is 5.73 Å². The van der Waals surface area contributed by atoms with Crippen LogP contribution in [-0.2, 0) is 4.79 Å². The van der Waals surface area contributed by atoms with Crippen molar-refractivity contribution in [3.63, 3.8) is 0 Å². The summed E-state index contributed by atoms with van der Waals surface area (Å²) < 4.78 is 0. The zero-order valence-electron chi connectivity index (χ0n) is 7.39. The van der Waals surface area contributed by atoms with E-state index in [1.54, 1.807) is 6.92 Å². The lowest BCUT2D eigenvalue weighted by molar-refractivity contribution is -0.119. The molecule has 0 saturated carbocycles. The summed E-state index contributed by atoms with van der Waals surface area (Å²) in [7, 11) is 1.81. The average Bonchev–Trinajstić information content (AvgIpc) is 1.97. The van der Waals surface area contributed by atoms with Crippen LogP contribution < -0.4 is 11.1 Å². The predicted octanol–water partition coefficient (Wildman–Crippen LogP) is 0.928. The SMILES string of the molecule is C.CNC(CCCCN)C(C)=O. The minimum absolute atomic E-state index is 0. The molecule has 0 aliphatic carbocycles. The Labute approximate surface area is 75.7 Å². The highest BCUT2D eigenvalue weighted by molar-refractivity contribution is 5.81. The van der Waals surface area contributed by atoms with E-state index >= 15 is 0 Å². The number of hydrogen-bond acceptors (Lipinski definition) is 3. The van der Waals surface area contributed by atoms with E-state index in [0.29, 0.717) is 6.54 Å². The molecule has 12 heavy (non-hydrogen) atoms. The Hall–Kier alpha value is -0.410. The number of hydrogen-bond donors (Lipinski definition) is 2. The Bertz CT molecular complexity index is 115. The van der Waals surface area contributed by atoms with E-state index in [4.69, 9.17) is 5.73 Å². The molecule has 0 heterocycles. The maximum Gasteiger partial charge on any atom is 0.146 e. The van der Waals surface area contributed by atoms with Gasteiger partial charge in [0, 0.05) is 0 Å². The second kappa shape index (κ2) is 8.68. The topological polar surface area (TPSA) is 55.1 Å². The summed E-state index contributed by atoms with van der Waals surface area (Å²) in [5, 5.41) is 2.97.